The lowest BCUT2D eigenvalue weighted by Gasteiger charge is -2.35. The summed E-state index contributed by atoms with van der Waals surface area (Å²) in [5, 5.41) is 2.79. The Balaban J connectivity index is 1.24. The molecule has 0 unspecified atom stereocenters. The Morgan fingerprint density at radius 3 is 2.30 bits per heavy atom. The van der Waals surface area contributed by atoms with E-state index in [4.69, 9.17) is 0 Å². The fraction of sp³-hybridized carbons (Fsp3) is 0.391. The molecule has 0 spiro atoms. The number of rotatable bonds is 5. The quantitative estimate of drug-likeness (QED) is 0.822. The molecule has 2 heterocycles. The molecule has 0 aliphatic carbocycles. The largest absolute Gasteiger partial charge is 0.325 e. The number of amides is 2. The maximum Gasteiger partial charge on any atom is 0.241 e. The second kappa shape index (κ2) is 8.93. The van der Waals surface area contributed by atoms with E-state index in [0.29, 0.717) is 12.2 Å². The van der Waals surface area contributed by atoms with E-state index < -0.39 is 0 Å². The van der Waals surface area contributed by atoms with Crippen LogP contribution in [0.25, 0.3) is 0 Å². The van der Waals surface area contributed by atoms with E-state index in [1.165, 1.54) is 17.7 Å². The third-order valence-electron chi connectivity index (χ3n) is 5.79. The number of anilines is 2. The maximum absolute atomic E-state index is 13.0. The van der Waals surface area contributed by atoms with Gasteiger partial charge in [-0.3, -0.25) is 19.4 Å². The normalized spacial score (nSPS) is 19.5. The fourth-order valence-electron chi connectivity index (χ4n) is 4.26. The van der Waals surface area contributed by atoms with E-state index in [-0.39, 0.29) is 30.2 Å². The topological polar surface area (TPSA) is 55.9 Å². The van der Waals surface area contributed by atoms with Crippen LogP contribution in [0.3, 0.4) is 0 Å². The van der Waals surface area contributed by atoms with Gasteiger partial charge in [-0.15, -0.1) is 0 Å². The Bertz CT molecular complexity index is 910. The molecule has 1 fully saturated rings. The van der Waals surface area contributed by atoms with Gasteiger partial charge in [-0.05, 0) is 49.2 Å². The van der Waals surface area contributed by atoms with Crippen molar-refractivity contribution in [2.24, 2.45) is 0 Å². The summed E-state index contributed by atoms with van der Waals surface area (Å²) in [4.78, 5) is 31.3. The number of nitrogens with zero attached hydrogens (tertiary/aromatic N) is 3. The van der Waals surface area contributed by atoms with Crippen molar-refractivity contribution in [3.63, 3.8) is 0 Å². The number of para-hydroxylation sites is 1. The number of carbonyl (C=O) groups is 2. The van der Waals surface area contributed by atoms with Gasteiger partial charge in [0, 0.05) is 43.6 Å². The molecular formula is C23H27FN4O2. The molecule has 7 heteroatoms. The van der Waals surface area contributed by atoms with E-state index in [1.54, 1.807) is 12.1 Å². The molecule has 0 aromatic heterocycles. The molecule has 158 valence electrons. The van der Waals surface area contributed by atoms with Crippen molar-refractivity contribution in [2.45, 2.75) is 19.4 Å². The van der Waals surface area contributed by atoms with E-state index in [2.05, 4.69) is 28.1 Å². The molecule has 0 radical (unpaired) electrons. The first-order chi connectivity index (χ1) is 14.5. The zero-order valence-corrected chi connectivity index (χ0v) is 17.2. The van der Waals surface area contributed by atoms with Crippen LogP contribution in [0.4, 0.5) is 15.8 Å². The highest BCUT2D eigenvalue weighted by molar-refractivity contribution is 5.97. The van der Waals surface area contributed by atoms with Crippen molar-refractivity contribution in [3.05, 3.63) is 59.9 Å². The first kappa shape index (κ1) is 20.5. The third kappa shape index (κ3) is 4.68. The van der Waals surface area contributed by atoms with Crippen molar-refractivity contribution >= 4 is 23.2 Å². The molecule has 0 saturated carbocycles. The van der Waals surface area contributed by atoms with Crippen molar-refractivity contribution in [2.75, 3.05) is 49.5 Å². The fourth-order valence-corrected chi connectivity index (χ4v) is 4.26. The summed E-state index contributed by atoms with van der Waals surface area (Å²) in [6, 6.07) is 14.0. The molecule has 6 nitrogen and oxygen atoms in total. The molecular weight excluding hydrogens is 383 g/mol. The second-order valence-electron chi connectivity index (χ2n) is 8.05. The predicted molar refractivity (Wildman–Crippen MR) is 115 cm³/mol. The lowest BCUT2D eigenvalue weighted by molar-refractivity contribution is -0.121. The van der Waals surface area contributed by atoms with Crippen LogP contribution in [0.1, 0.15) is 12.5 Å². The molecule has 2 aromatic carbocycles. The highest BCUT2D eigenvalue weighted by Gasteiger charge is 2.31. The van der Waals surface area contributed by atoms with Crippen molar-refractivity contribution in [1.82, 2.24) is 9.80 Å². The highest BCUT2D eigenvalue weighted by Crippen LogP contribution is 2.31. The Hall–Kier alpha value is -2.77. The number of hydrogen-bond donors (Lipinski definition) is 1. The van der Waals surface area contributed by atoms with Crippen molar-refractivity contribution in [3.8, 4) is 0 Å². The van der Waals surface area contributed by atoms with Crippen LogP contribution < -0.4 is 10.2 Å². The van der Waals surface area contributed by atoms with Gasteiger partial charge in [0.15, 0.2) is 0 Å². The molecule has 2 amide bonds. The molecule has 1 N–H and O–H groups in total. The Morgan fingerprint density at radius 1 is 0.967 bits per heavy atom. The van der Waals surface area contributed by atoms with Crippen molar-refractivity contribution in [1.29, 1.82) is 0 Å². The summed E-state index contributed by atoms with van der Waals surface area (Å²) in [5.74, 6) is -0.311. The number of hydrogen-bond acceptors (Lipinski definition) is 4. The molecule has 1 saturated heterocycles. The first-order valence-electron chi connectivity index (χ1n) is 10.4. The van der Waals surface area contributed by atoms with Crippen LogP contribution in [0, 0.1) is 5.82 Å². The predicted octanol–water partition coefficient (Wildman–Crippen LogP) is 2.36. The van der Waals surface area contributed by atoms with Gasteiger partial charge in [0.2, 0.25) is 11.8 Å². The van der Waals surface area contributed by atoms with Gasteiger partial charge in [-0.2, -0.15) is 0 Å². The number of nitrogens with one attached hydrogen (secondary N) is 1. The Labute approximate surface area is 176 Å². The highest BCUT2D eigenvalue weighted by atomic mass is 19.1. The monoisotopic (exact) mass is 410 g/mol. The summed E-state index contributed by atoms with van der Waals surface area (Å²) in [6.45, 7) is 5.74. The zero-order valence-electron chi connectivity index (χ0n) is 17.2. The molecule has 2 aromatic rings. The summed E-state index contributed by atoms with van der Waals surface area (Å²) in [6.07, 6.45) is 0.902. The smallest absolute Gasteiger partial charge is 0.241 e. The Morgan fingerprint density at radius 2 is 1.60 bits per heavy atom. The van der Waals surface area contributed by atoms with Gasteiger partial charge >= 0.3 is 0 Å². The van der Waals surface area contributed by atoms with Gasteiger partial charge in [-0.25, -0.2) is 4.39 Å². The molecule has 2 aliphatic rings. The molecule has 0 bridgehead atoms. The minimum atomic E-state index is -0.328. The number of carbonyl (C=O) groups excluding carboxylic acids is 2. The third-order valence-corrected chi connectivity index (χ3v) is 5.79. The summed E-state index contributed by atoms with van der Waals surface area (Å²) < 4.78 is 13.0. The van der Waals surface area contributed by atoms with E-state index in [1.807, 2.05) is 23.1 Å². The van der Waals surface area contributed by atoms with Gasteiger partial charge in [0.25, 0.3) is 0 Å². The van der Waals surface area contributed by atoms with E-state index >= 15 is 0 Å². The van der Waals surface area contributed by atoms with Crippen LogP contribution in [0.5, 0.6) is 0 Å². The lowest BCUT2D eigenvalue weighted by Crippen LogP contribution is -2.52. The van der Waals surface area contributed by atoms with Gasteiger partial charge in [0.05, 0.1) is 13.1 Å². The summed E-state index contributed by atoms with van der Waals surface area (Å²) in [7, 11) is 0. The van der Waals surface area contributed by atoms with Gasteiger partial charge in [0.1, 0.15) is 5.82 Å². The summed E-state index contributed by atoms with van der Waals surface area (Å²) >= 11 is 0. The van der Waals surface area contributed by atoms with Crippen LogP contribution in [-0.4, -0.2) is 66.9 Å². The number of fused-ring (bicyclic) bond motifs is 1. The average molecular weight is 410 g/mol. The molecule has 30 heavy (non-hydrogen) atoms. The van der Waals surface area contributed by atoms with E-state index in [0.717, 1.165) is 38.3 Å². The van der Waals surface area contributed by atoms with Gasteiger partial charge in [-0.1, -0.05) is 18.2 Å². The average Bonchev–Trinajstić information content (AvgIpc) is 3.07. The molecule has 4 rings (SSSR count). The first-order valence-corrected chi connectivity index (χ1v) is 10.4. The second-order valence-corrected chi connectivity index (χ2v) is 8.05. The summed E-state index contributed by atoms with van der Waals surface area (Å²) in [5.41, 5.74) is 2.85. The van der Waals surface area contributed by atoms with E-state index in [9.17, 15) is 14.0 Å². The molecule has 1 atom stereocenters. The van der Waals surface area contributed by atoms with Crippen LogP contribution in [0.2, 0.25) is 0 Å². The zero-order chi connectivity index (χ0) is 21.1. The minimum Gasteiger partial charge on any atom is -0.325 e. The minimum absolute atomic E-state index is 0.117. The molecule has 2 aliphatic heterocycles. The SMILES string of the molecule is C[C@H]1Cc2ccccc2N1C(=O)CN1CCN(CC(=O)Nc2ccc(F)cc2)CC1. The van der Waals surface area contributed by atoms with Crippen LogP contribution in [-0.2, 0) is 16.0 Å². The number of benzene rings is 2. The Kier molecular flexibility index (Phi) is 6.11. The van der Waals surface area contributed by atoms with Crippen LogP contribution in [0.15, 0.2) is 48.5 Å². The maximum atomic E-state index is 13.0. The lowest BCUT2D eigenvalue weighted by atomic mass is 10.1. The van der Waals surface area contributed by atoms with Gasteiger partial charge < -0.3 is 10.2 Å². The van der Waals surface area contributed by atoms with Crippen LogP contribution >= 0.6 is 0 Å². The number of piperazine rings is 1. The standard InChI is InChI=1S/C23H27FN4O2/c1-17-14-18-4-2-3-5-21(18)28(17)23(30)16-27-12-10-26(11-13-27)15-22(29)25-20-8-6-19(24)7-9-20/h2-9,17H,10-16H2,1H3,(H,25,29)/t17-/m0/s1. The number of halogens is 1. The van der Waals surface area contributed by atoms with Crippen molar-refractivity contribution < 1.29 is 14.0 Å².